The molecule has 4 rings (SSSR count). The van der Waals surface area contributed by atoms with E-state index in [9.17, 15) is 4.79 Å². The molecule has 0 radical (unpaired) electrons. The van der Waals surface area contributed by atoms with Gasteiger partial charge < -0.3 is 20.4 Å². The second-order valence-electron chi connectivity index (χ2n) is 7.58. The third-order valence-corrected chi connectivity index (χ3v) is 6.99. The Morgan fingerprint density at radius 2 is 2.14 bits per heavy atom. The molecule has 3 heterocycles. The fourth-order valence-corrected chi connectivity index (χ4v) is 5.19. The molecule has 1 aromatic heterocycles. The Morgan fingerprint density at radius 3 is 2.89 bits per heavy atom. The molecule has 3 N–H and O–H groups in total. The molecule has 1 saturated heterocycles. The van der Waals surface area contributed by atoms with E-state index in [4.69, 9.17) is 22.3 Å². The molecule has 2 unspecified atom stereocenters. The van der Waals surface area contributed by atoms with Crippen LogP contribution in [0.3, 0.4) is 0 Å². The van der Waals surface area contributed by atoms with Crippen molar-refractivity contribution in [3.05, 3.63) is 28.9 Å². The molecule has 0 saturated carbocycles. The maximum atomic E-state index is 10.9. The number of hydrogen-bond donors (Lipinski definition) is 2. The van der Waals surface area contributed by atoms with E-state index in [0.717, 1.165) is 72.8 Å². The zero-order valence-electron chi connectivity index (χ0n) is 16.0. The largest absolute Gasteiger partial charge is 0.397 e. The molecule has 2 aliphatic heterocycles. The predicted molar refractivity (Wildman–Crippen MR) is 119 cm³/mol. The van der Waals surface area contributed by atoms with Crippen LogP contribution in [0, 0.1) is 0 Å². The van der Waals surface area contributed by atoms with Crippen LogP contribution in [0.15, 0.2) is 23.2 Å². The first-order valence-corrected chi connectivity index (χ1v) is 11.1. The van der Waals surface area contributed by atoms with E-state index in [1.165, 1.54) is 0 Å². The van der Waals surface area contributed by atoms with Gasteiger partial charge in [-0.2, -0.15) is 0 Å². The number of aliphatic imine (C=N–C) groups is 1. The minimum Gasteiger partial charge on any atom is -0.397 e. The molecule has 2 aromatic rings. The summed E-state index contributed by atoms with van der Waals surface area (Å²) in [4.78, 5) is 24.0. The summed E-state index contributed by atoms with van der Waals surface area (Å²) in [7, 11) is 0. The topological polar surface area (TPSA) is 77.7 Å². The van der Waals surface area contributed by atoms with E-state index in [2.05, 4.69) is 20.9 Å². The van der Waals surface area contributed by atoms with Crippen LogP contribution in [0.4, 0.5) is 5.69 Å². The standard InChI is InChI=1S/C20H26ClN5OS/c1-13(11-27)26-6-4-25(5-7-26)3-2-16-12-28-20(23-16)18-9-14-8-15(21)10-17(22)19(14)24-18/h8-11,13,16,24H,2-7,12,22H2,1H3. The lowest BCUT2D eigenvalue weighted by Crippen LogP contribution is -2.50. The van der Waals surface area contributed by atoms with Crippen molar-refractivity contribution in [1.82, 2.24) is 14.8 Å². The minimum absolute atomic E-state index is 0.0285. The van der Waals surface area contributed by atoms with Crippen LogP contribution >= 0.6 is 23.4 Å². The van der Waals surface area contributed by atoms with Gasteiger partial charge in [0.1, 0.15) is 11.3 Å². The molecule has 6 nitrogen and oxygen atoms in total. The molecule has 0 amide bonds. The number of halogens is 1. The Kier molecular flexibility index (Phi) is 5.96. The molecular weight excluding hydrogens is 394 g/mol. The number of nitrogens with zero attached hydrogens (tertiary/aromatic N) is 3. The number of nitrogen functional groups attached to an aromatic ring is 1. The lowest BCUT2D eigenvalue weighted by Gasteiger charge is -2.36. The molecule has 2 atom stereocenters. The first-order valence-electron chi connectivity index (χ1n) is 9.74. The zero-order valence-corrected chi connectivity index (χ0v) is 17.6. The maximum Gasteiger partial charge on any atom is 0.136 e. The number of nitrogens with one attached hydrogen (secondary N) is 1. The first kappa shape index (κ1) is 19.8. The molecular formula is C20H26ClN5OS. The number of thioether (sulfide) groups is 1. The number of anilines is 1. The van der Waals surface area contributed by atoms with Crippen molar-refractivity contribution in [1.29, 1.82) is 0 Å². The average Bonchev–Trinajstić information content (AvgIpc) is 3.33. The van der Waals surface area contributed by atoms with Gasteiger partial charge >= 0.3 is 0 Å². The Balaban J connectivity index is 1.34. The van der Waals surface area contributed by atoms with E-state index in [1.807, 2.05) is 13.0 Å². The van der Waals surface area contributed by atoms with Gasteiger partial charge in [0, 0.05) is 48.9 Å². The van der Waals surface area contributed by atoms with Gasteiger partial charge in [-0.05, 0) is 31.5 Å². The molecule has 0 bridgehead atoms. The summed E-state index contributed by atoms with van der Waals surface area (Å²) in [5, 5.41) is 2.73. The van der Waals surface area contributed by atoms with Crippen LogP contribution in [0.2, 0.25) is 5.02 Å². The van der Waals surface area contributed by atoms with Crippen LogP contribution in [0.25, 0.3) is 10.9 Å². The number of carbonyl (C=O) groups excluding carboxylic acids is 1. The average molecular weight is 420 g/mol. The quantitative estimate of drug-likeness (QED) is 0.556. The molecule has 28 heavy (non-hydrogen) atoms. The van der Waals surface area contributed by atoms with Crippen molar-refractivity contribution in [2.45, 2.75) is 25.4 Å². The lowest BCUT2D eigenvalue weighted by molar-refractivity contribution is -0.112. The smallest absolute Gasteiger partial charge is 0.136 e. The molecule has 8 heteroatoms. The molecule has 1 fully saturated rings. The molecule has 2 aliphatic rings. The summed E-state index contributed by atoms with van der Waals surface area (Å²) in [6.07, 6.45) is 2.10. The van der Waals surface area contributed by atoms with Crippen molar-refractivity contribution in [2.24, 2.45) is 4.99 Å². The Bertz CT molecular complexity index is 890. The van der Waals surface area contributed by atoms with Gasteiger partial charge in [0.15, 0.2) is 0 Å². The van der Waals surface area contributed by atoms with Gasteiger partial charge in [-0.3, -0.25) is 9.89 Å². The molecule has 1 aromatic carbocycles. The molecule has 0 aliphatic carbocycles. The third kappa shape index (κ3) is 4.22. The second-order valence-corrected chi connectivity index (χ2v) is 9.03. The van der Waals surface area contributed by atoms with Gasteiger partial charge in [0.2, 0.25) is 0 Å². The highest BCUT2D eigenvalue weighted by Gasteiger charge is 2.24. The van der Waals surface area contributed by atoms with E-state index in [-0.39, 0.29) is 6.04 Å². The van der Waals surface area contributed by atoms with Crippen LogP contribution in [-0.2, 0) is 4.79 Å². The van der Waals surface area contributed by atoms with E-state index < -0.39 is 0 Å². The second kappa shape index (κ2) is 8.45. The number of benzene rings is 1. The van der Waals surface area contributed by atoms with Gasteiger partial charge in [-0.25, -0.2) is 0 Å². The number of aromatic nitrogens is 1. The fourth-order valence-electron chi connectivity index (χ4n) is 3.87. The number of carbonyl (C=O) groups is 1. The van der Waals surface area contributed by atoms with Gasteiger partial charge in [-0.15, -0.1) is 11.8 Å². The monoisotopic (exact) mass is 419 g/mol. The van der Waals surface area contributed by atoms with Crippen molar-refractivity contribution in [2.75, 3.05) is 44.2 Å². The van der Waals surface area contributed by atoms with Gasteiger partial charge in [-0.1, -0.05) is 11.6 Å². The summed E-state index contributed by atoms with van der Waals surface area (Å²) in [6.45, 7) is 7.01. The SMILES string of the molecule is CC(C=O)N1CCN(CCC2CSC(c3cc4cc(Cl)cc(N)c4[nH]3)=N2)CC1. The number of aldehydes is 1. The van der Waals surface area contributed by atoms with Gasteiger partial charge in [0.25, 0.3) is 0 Å². The number of nitrogens with two attached hydrogens (primary N) is 1. The van der Waals surface area contributed by atoms with Crippen LogP contribution in [-0.4, -0.2) is 76.7 Å². The number of H-pyrrole nitrogens is 1. The highest BCUT2D eigenvalue weighted by atomic mass is 35.5. The summed E-state index contributed by atoms with van der Waals surface area (Å²) in [5.74, 6) is 1.02. The van der Waals surface area contributed by atoms with Crippen LogP contribution in [0.1, 0.15) is 19.0 Å². The van der Waals surface area contributed by atoms with E-state index in [1.54, 1.807) is 17.8 Å². The third-order valence-electron chi connectivity index (χ3n) is 5.62. The number of fused-ring (bicyclic) bond motifs is 1. The predicted octanol–water partition coefficient (Wildman–Crippen LogP) is 2.86. The van der Waals surface area contributed by atoms with Crippen LogP contribution in [0.5, 0.6) is 0 Å². The van der Waals surface area contributed by atoms with Crippen LogP contribution < -0.4 is 5.73 Å². The maximum absolute atomic E-state index is 10.9. The van der Waals surface area contributed by atoms with Crippen molar-refractivity contribution >= 4 is 51.3 Å². The Hall–Kier alpha value is -1.54. The van der Waals surface area contributed by atoms with Crippen molar-refractivity contribution in [3.8, 4) is 0 Å². The summed E-state index contributed by atoms with van der Waals surface area (Å²) in [5.41, 5.74) is 8.68. The summed E-state index contributed by atoms with van der Waals surface area (Å²) >= 11 is 7.91. The normalized spacial score (nSPS) is 22.5. The highest BCUT2D eigenvalue weighted by molar-refractivity contribution is 8.14. The highest BCUT2D eigenvalue weighted by Crippen LogP contribution is 2.30. The Morgan fingerprint density at radius 1 is 1.36 bits per heavy atom. The minimum atomic E-state index is 0.0285. The Labute approximate surface area is 174 Å². The first-order chi connectivity index (χ1) is 13.5. The molecule has 150 valence electrons. The fraction of sp³-hybridized carbons (Fsp3) is 0.500. The van der Waals surface area contributed by atoms with Crippen molar-refractivity contribution in [3.63, 3.8) is 0 Å². The number of rotatable bonds is 6. The summed E-state index contributed by atoms with van der Waals surface area (Å²) in [6, 6.07) is 6.15. The number of aromatic amines is 1. The van der Waals surface area contributed by atoms with Crippen molar-refractivity contribution < 1.29 is 4.79 Å². The summed E-state index contributed by atoms with van der Waals surface area (Å²) < 4.78 is 0. The number of hydrogen-bond acceptors (Lipinski definition) is 6. The lowest BCUT2D eigenvalue weighted by atomic mass is 10.2. The van der Waals surface area contributed by atoms with Gasteiger partial charge in [0.05, 0.1) is 29.0 Å². The van der Waals surface area contributed by atoms with E-state index in [0.29, 0.717) is 16.8 Å². The molecule has 0 spiro atoms. The zero-order chi connectivity index (χ0) is 19.7. The van der Waals surface area contributed by atoms with E-state index >= 15 is 0 Å². The number of piperazine rings is 1.